The summed E-state index contributed by atoms with van der Waals surface area (Å²) in [5.74, 6) is -0.0440. The molecule has 1 aliphatic heterocycles. The van der Waals surface area contributed by atoms with Gasteiger partial charge in [0, 0.05) is 0 Å². The molecule has 1 rings (SSSR count). The third-order valence-electron chi connectivity index (χ3n) is 1.05. The maximum absolute atomic E-state index is 10.5. The molecule has 3 nitrogen and oxygen atoms in total. The van der Waals surface area contributed by atoms with Crippen LogP contribution in [-0.2, 0) is 4.79 Å². The first kappa shape index (κ1) is 6.04. The lowest BCUT2D eigenvalue weighted by Gasteiger charge is -2.00. The number of nitrogens with zero attached hydrogens (tertiary/aromatic N) is 1. The van der Waals surface area contributed by atoms with Gasteiger partial charge < -0.3 is 5.11 Å². The minimum absolute atomic E-state index is 0.0440. The second-order valence-electron chi connectivity index (χ2n) is 1.80. The Labute approximate surface area is 55.6 Å². The predicted molar refractivity (Wildman–Crippen MR) is 31.3 cm³/mol. The Hall–Kier alpha value is -0.0900. The van der Waals surface area contributed by atoms with Crippen LogP contribution < -0.4 is 0 Å². The zero-order valence-corrected chi connectivity index (χ0v) is 5.76. The van der Waals surface area contributed by atoms with Crippen molar-refractivity contribution in [1.29, 1.82) is 0 Å². The van der Waals surface area contributed by atoms with Crippen molar-refractivity contribution in [1.82, 2.24) is 3.93 Å². The largest absolute Gasteiger partial charge is 0.391 e. The number of halogens is 1. The van der Waals surface area contributed by atoms with Crippen LogP contribution in [0.15, 0.2) is 0 Å². The average Bonchev–Trinajstić information content (AvgIpc) is 1.85. The molecule has 4 heteroatoms. The lowest BCUT2D eigenvalue weighted by atomic mass is 10.3. The first-order chi connectivity index (χ1) is 3.70. The van der Waals surface area contributed by atoms with E-state index >= 15 is 0 Å². The Kier molecular flexibility index (Phi) is 1.53. The molecule has 1 fully saturated rings. The van der Waals surface area contributed by atoms with Gasteiger partial charge >= 0.3 is 0 Å². The Balaban J connectivity index is 2.51. The van der Waals surface area contributed by atoms with Crippen molar-refractivity contribution in [2.45, 2.75) is 12.5 Å². The highest BCUT2D eigenvalue weighted by atomic mass is 79.9. The van der Waals surface area contributed by atoms with Crippen LogP contribution in [0.4, 0.5) is 0 Å². The normalized spacial score (nSPS) is 29.5. The van der Waals surface area contributed by atoms with Gasteiger partial charge in [-0.15, -0.1) is 0 Å². The number of β-amino-alcohol motifs (C(OH)–C–C–N with tert-alkyl or cyclic N) is 1. The topological polar surface area (TPSA) is 40.5 Å². The van der Waals surface area contributed by atoms with Crippen LogP contribution in [0.1, 0.15) is 6.42 Å². The van der Waals surface area contributed by atoms with Gasteiger partial charge in [0.2, 0.25) is 5.91 Å². The highest BCUT2D eigenvalue weighted by Gasteiger charge is 2.25. The van der Waals surface area contributed by atoms with E-state index in [1.165, 1.54) is 3.93 Å². The Morgan fingerprint density at radius 3 is 2.62 bits per heavy atom. The molecule has 0 saturated carbocycles. The first-order valence-corrected chi connectivity index (χ1v) is 3.05. The molecule has 1 atom stereocenters. The molecular weight excluding hydrogens is 174 g/mol. The SMILES string of the molecule is O=C1CC(O)CN1Br. The molecule has 0 aromatic rings. The number of hydrogen-bond acceptors (Lipinski definition) is 2. The van der Waals surface area contributed by atoms with Gasteiger partial charge in [0.15, 0.2) is 0 Å². The molecule has 0 aliphatic carbocycles. The van der Waals surface area contributed by atoms with Gasteiger partial charge in [-0.2, -0.15) is 0 Å². The quantitative estimate of drug-likeness (QED) is 0.528. The maximum atomic E-state index is 10.5. The summed E-state index contributed by atoms with van der Waals surface area (Å²) in [7, 11) is 0. The summed E-state index contributed by atoms with van der Waals surface area (Å²) in [6, 6.07) is 0. The first-order valence-electron chi connectivity index (χ1n) is 2.34. The zero-order valence-electron chi connectivity index (χ0n) is 4.17. The van der Waals surface area contributed by atoms with E-state index in [1.54, 1.807) is 0 Å². The molecule has 1 unspecified atom stereocenters. The number of amides is 1. The number of carbonyl (C=O) groups is 1. The van der Waals surface area contributed by atoms with Crippen molar-refractivity contribution in [2.24, 2.45) is 0 Å². The summed E-state index contributed by atoms with van der Waals surface area (Å²) in [6.45, 7) is 0.416. The van der Waals surface area contributed by atoms with Gasteiger partial charge in [0.25, 0.3) is 0 Å². The van der Waals surface area contributed by atoms with E-state index in [0.29, 0.717) is 6.54 Å². The van der Waals surface area contributed by atoms with Gasteiger partial charge in [-0.1, -0.05) is 0 Å². The summed E-state index contributed by atoms with van der Waals surface area (Å²) in [5.41, 5.74) is 0. The third kappa shape index (κ3) is 1.00. The van der Waals surface area contributed by atoms with E-state index in [9.17, 15) is 4.79 Å². The van der Waals surface area contributed by atoms with Crippen LogP contribution >= 0.6 is 16.1 Å². The van der Waals surface area contributed by atoms with Crippen molar-refractivity contribution in [3.05, 3.63) is 0 Å². The molecule has 46 valence electrons. The number of aliphatic hydroxyl groups is 1. The van der Waals surface area contributed by atoms with Crippen molar-refractivity contribution in [2.75, 3.05) is 6.54 Å². The van der Waals surface area contributed by atoms with Crippen LogP contribution in [0, 0.1) is 0 Å². The van der Waals surface area contributed by atoms with Gasteiger partial charge in [-0.3, -0.25) is 8.72 Å². The van der Waals surface area contributed by atoms with E-state index in [0.717, 1.165) is 0 Å². The van der Waals surface area contributed by atoms with Crippen LogP contribution in [-0.4, -0.2) is 27.6 Å². The van der Waals surface area contributed by atoms with Crippen LogP contribution in [0.2, 0.25) is 0 Å². The predicted octanol–water partition coefficient (Wildman–Crippen LogP) is -0.110. The van der Waals surface area contributed by atoms with Crippen molar-refractivity contribution >= 4 is 22.1 Å². The molecule has 0 aromatic carbocycles. The van der Waals surface area contributed by atoms with E-state index in [4.69, 9.17) is 5.11 Å². The fourth-order valence-corrected chi connectivity index (χ4v) is 1.13. The van der Waals surface area contributed by atoms with Crippen molar-refractivity contribution in [3.63, 3.8) is 0 Å². The lowest BCUT2D eigenvalue weighted by Crippen LogP contribution is -2.12. The molecule has 8 heavy (non-hydrogen) atoms. The standard InChI is InChI=1S/C4H6BrNO2/c5-6-2-3(7)1-4(6)8/h3,7H,1-2H2. The minimum Gasteiger partial charge on any atom is -0.391 e. The van der Waals surface area contributed by atoms with E-state index in [2.05, 4.69) is 16.1 Å². The summed E-state index contributed by atoms with van der Waals surface area (Å²) in [4.78, 5) is 10.5. The van der Waals surface area contributed by atoms with Crippen LogP contribution in [0.3, 0.4) is 0 Å². The summed E-state index contributed by atoms with van der Waals surface area (Å²) in [6.07, 6.45) is -0.215. The second kappa shape index (κ2) is 2.03. The molecule has 1 N–H and O–H groups in total. The van der Waals surface area contributed by atoms with Crippen molar-refractivity contribution < 1.29 is 9.90 Å². The van der Waals surface area contributed by atoms with Gasteiger partial charge in [0.05, 0.1) is 35.2 Å². The van der Waals surface area contributed by atoms with Crippen LogP contribution in [0.5, 0.6) is 0 Å². The molecule has 0 spiro atoms. The minimum atomic E-state index is -0.470. The summed E-state index contributed by atoms with van der Waals surface area (Å²) < 4.78 is 1.34. The van der Waals surface area contributed by atoms with Gasteiger partial charge in [-0.25, -0.2) is 0 Å². The molecular formula is C4H6BrNO2. The Bertz CT molecular complexity index is 117. The average molecular weight is 180 g/mol. The van der Waals surface area contributed by atoms with Gasteiger partial charge in [-0.05, 0) is 0 Å². The van der Waals surface area contributed by atoms with E-state index in [-0.39, 0.29) is 12.3 Å². The Morgan fingerprint density at radius 2 is 2.50 bits per heavy atom. The molecule has 0 radical (unpaired) electrons. The third-order valence-corrected chi connectivity index (χ3v) is 1.74. The monoisotopic (exact) mass is 179 g/mol. The maximum Gasteiger partial charge on any atom is 0.235 e. The second-order valence-corrected chi connectivity index (χ2v) is 2.65. The van der Waals surface area contributed by atoms with Crippen LogP contribution in [0.25, 0.3) is 0 Å². The number of hydrogen-bond donors (Lipinski definition) is 1. The molecule has 1 aliphatic rings. The Morgan fingerprint density at radius 1 is 1.88 bits per heavy atom. The van der Waals surface area contributed by atoms with Crippen molar-refractivity contribution in [3.8, 4) is 0 Å². The molecule has 1 heterocycles. The van der Waals surface area contributed by atoms with E-state index < -0.39 is 6.10 Å². The fourth-order valence-electron chi connectivity index (χ4n) is 0.652. The number of aliphatic hydroxyl groups excluding tert-OH is 1. The summed E-state index contributed by atoms with van der Waals surface area (Å²) >= 11 is 2.97. The summed E-state index contributed by atoms with van der Waals surface area (Å²) in [5, 5.41) is 8.78. The lowest BCUT2D eigenvalue weighted by molar-refractivity contribution is -0.123. The number of carbonyl (C=O) groups excluding carboxylic acids is 1. The molecule has 0 aromatic heterocycles. The molecule has 0 bridgehead atoms. The number of rotatable bonds is 0. The highest BCUT2D eigenvalue weighted by Crippen LogP contribution is 2.13. The zero-order chi connectivity index (χ0) is 6.15. The van der Waals surface area contributed by atoms with E-state index in [1.807, 2.05) is 0 Å². The smallest absolute Gasteiger partial charge is 0.235 e. The highest BCUT2D eigenvalue weighted by molar-refractivity contribution is 9.07. The van der Waals surface area contributed by atoms with Gasteiger partial charge in [0.1, 0.15) is 0 Å². The fraction of sp³-hybridized carbons (Fsp3) is 0.750. The molecule has 1 saturated heterocycles. The molecule has 1 amide bonds.